The zero-order valence-corrected chi connectivity index (χ0v) is 13.7. The maximum absolute atomic E-state index is 9.62. The van der Waals surface area contributed by atoms with E-state index in [1.165, 1.54) is 11.4 Å². The number of nitrogens with one attached hydrogen (secondary N) is 1. The molecular formula is C17H28N4. The molecule has 0 radical (unpaired) electrons. The first-order valence-electron chi connectivity index (χ1n) is 8.41. The minimum absolute atomic E-state index is 0.304. The largest absolute Gasteiger partial charge is 0.299 e. The molecule has 1 aliphatic rings. The van der Waals surface area contributed by atoms with E-state index < -0.39 is 0 Å². The lowest BCUT2D eigenvalue weighted by atomic mass is 9.86. The number of hydrogen-bond acceptors (Lipinski definition) is 3. The summed E-state index contributed by atoms with van der Waals surface area (Å²) in [7, 11) is 0. The van der Waals surface area contributed by atoms with E-state index in [-0.39, 0.29) is 5.54 Å². The summed E-state index contributed by atoms with van der Waals surface area (Å²) in [5.41, 5.74) is 2.19. The predicted octanol–water partition coefficient (Wildman–Crippen LogP) is 3.07. The summed E-state index contributed by atoms with van der Waals surface area (Å²) in [6, 6.07) is 4.79. The molecule has 2 rings (SSSR count). The lowest BCUT2D eigenvalue weighted by Crippen LogP contribution is -2.47. The van der Waals surface area contributed by atoms with Crippen molar-refractivity contribution in [2.24, 2.45) is 5.92 Å². The minimum atomic E-state index is -0.304. The Labute approximate surface area is 128 Å². The van der Waals surface area contributed by atoms with Crippen molar-refractivity contribution in [1.82, 2.24) is 15.1 Å². The van der Waals surface area contributed by atoms with Crippen LogP contribution in [0, 0.1) is 17.2 Å². The van der Waals surface area contributed by atoms with Gasteiger partial charge in [0.2, 0.25) is 0 Å². The Balaban J connectivity index is 2.05. The molecule has 1 aliphatic carbocycles. The van der Waals surface area contributed by atoms with Gasteiger partial charge in [0.1, 0.15) is 5.54 Å². The monoisotopic (exact) mass is 288 g/mol. The Morgan fingerprint density at radius 1 is 1.43 bits per heavy atom. The first-order valence-corrected chi connectivity index (χ1v) is 8.41. The fourth-order valence-electron chi connectivity index (χ4n) is 3.65. The molecule has 1 aromatic heterocycles. The molecule has 1 N–H and O–H groups in total. The summed E-state index contributed by atoms with van der Waals surface area (Å²) < 4.78 is 2.16. The van der Waals surface area contributed by atoms with E-state index >= 15 is 0 Å². The molecule has 116 valence electrons. The Hall–Kier alpha value is -1.34. The van der Waals surface area contributed by atoms with Gasteiger partial charge in [0, 0.05) is 12.2 Å². The van der Waals surface area contributed by atoms with Crippen LogP contribution in [0.2, 0.25) is 0 Å². The zero-order chi connectivity index (χ0) is 15.3. The van der Waals surface area contributed by atoms with Crippen LogP contribution < -0.4 is 5.32 Å². The molecule has 0 amide bonds. The molecule has 1 aromatic rings. The van der Waals surface area contributed by atoms with Gasteiger partial charge in [0.25, 0.3) is 0 Å². The fourth-order valence-corrected chi connectivity index (χ4v) is 3.65. The highest BCUT2D eigenvalue weighted by atomic mass is 15.3. The van der Waals surface area contributed by atoms with E-state index in [0.29, 0.717) is 5.92 Å². The van der Waals surface area contributed by atoms with Crippen molar-refractivity contribution in [3.8, 4) is 6.07 Å². The number of aromatic nitrogens is 2. The zero-order valence-electron chi connectivity index (χ0n) is 13.7. The molecule has 4 nitrogen and oxygen atoms in total. The molecule has 1 saturated carbocycles. The number of nitrogens with zero attached hydrogens (tertiary/aromatic N) is 3. The predicted molar refractivity (Wildman–Crippen MR) is 85.0 cm³/mol. The van der Waals surface area contributed by atoms with Crippen molar-refractivity contribution in [2.75, 3.05) is 6.54 Å². The third-order valence-electron chi connectivity index (χ3n) is 4.84. The molecule has 0 bridgehead atoms. The second-order valence-corrected chi connectivity index (χ2v) is 6.05. The lowest BCUT2D eigenvalue weighted by molar-refractivity contribution is 0.290. The van der Waals surface area contributed by atoms with Crippen LogP contribution in [0.5, 0.6) is 0 Å². The van der Waals surface area contributed by atoms with Crippen LogP contribution in [-0.4, -0.2) is 21.9 Å². The fraction of sp³-hybridized carbons (Fsp3) is 0.765. The van der Waals surface area contributed by atoms with Gasteiger partial charge in [0.05, 0.1) is 11.8 Å². The van der Waals surface area contributed by atoms with Crippen LogP contribution in [0.1, 0.15) is 57.8 Å². The summed E-state index contributed by atoms with van der Waals surface area (Å²) in [6.45, 7) is 8.22. The van der Waals surface area contributed by atoms with Gasteiger partial charge in [-0.1, -0.05) is 27.2 Å². The molecule has 0 aliphatic heterocycles. The maximum Gasteiger partial charge on any atom is 0.109 e. The van der Waals surface area contributed by atoms with Crippen LogP contribution in [0.25, 0.3) is 0 Å². The van der Waals surface area contributed by atoms with Crippen LogP contribution >= 0.6 is 0 Å². The molecule has 0 spiro atoms. The number of nitriles is 1. The van der Waals surface area contributed by atoms with Gasteiger partial charge < -0.3 is 0 Å². The van der Waals surface area contributed by atoms with Crippen LogP contribution in [-0.2, 0) is 19.4 Å². The highest BCUT2D eigenvalue weighted by Crippen LogP contribution is 2.37. The SMILES string of the molecule is CCNC1(C#N)CCCC1CCn1nc(CC)cc1CC. The smallest absolute Gasteiger partial charge is 0.109 e. The van der Waals surface area contributed by atoms with Gasteiger partial charge in [0.15, 0.2) is 0 Å². The normalized spacial score (nSPS) is 25.1. The topological polar surface area (TPSA) is 53.6 Å². The van der Waals surface area contributed by atoms with Crippen molar-refractivity contribution in [2.45, 2.75) is 71.4 Å². The summed E-state index contributed by atoms with van der Waals surface area (Å²) in [5, 5.41) is 17.8. The molecule has 1 fully saturated rings. The molecule has 21 heavy (non-hydrogen) atoms. The highest BCUT2D eigenvalue weighted by Gasteiger charge is 2.42. The van der Waals surface area contributed by atoms with Crippen molar-refractivity contribution < 1.29 is 0 Å². The van der Waals surface area contributed by atoms with E-state index in [1.54, 1.807) is 0 Å². The van der Waals surface area contributed by atoms with Gasteiger partial charge in [-0.15, -0.1) is 0 Å². The van der Waals surface area contributed by atoms with E-state index in [2.05, 4.69) is 42.9 Å². The van der Waals surface area contributed by atoms with Gasteiger partial charge in [-0.05, 0) is 50.6 Å². The maximum atomic E-state index is 9.62. The third kappa shape index (κ3) is 3.29. The average molecular weight is 288 g/mol. The van der Waals surface area contributed by atoms with Crippen molar-refractivity contribution >= 4 is 0 Å². The van der Waals surface area contributed by atoms with E-state index in [1.807, 2.05) is 0 Å². The van der Waals surface area contributed by atoms with Gasteiger partial charge in [-0.3, -0.25) is 10.00 Å². The van der Waals surface area contributed by atoms with E-state index in [9.17, 15) is 5.26 Å². The molecule has 0 saturated heterocycles. The van der Waals surface area contributed by atoms with Gasteiger partial charge in [-0.2, -0.15) is 10.4 Å². The Morgan fingerprint density at radius 3 is 2.86 bits per heavy atom. The van der Waals surface area contributed by atoms with E-state index in [4.69, 9.17) is 5.10 Å². The number of rotatable bonds is 7. The molecule has 4 heteroatoms. The highest BCUT2D eigenvalue weighted by molar-refractivity contribution is 5.14. The molecule has 1 heterocycles. The molecule has 0 aromatic carbocycles. The number of aryl methyl sites for hydroxylation is 3. The third-order valence-corrected chi connectivity index (χ3v) is 4.84. The summed E-state index contributed by atoms with van der Waals surface area (Å²) in [6.07, 6.45) is 6.35. The first kappa shape index (κ1) is 16.0. The lowest BCUT2D eigenvalue weighted by Gasteiger charge is -2.29. The minimum Gasteiger partial charge on any atom is -0.299 e. The van der Waals surface area contributed by atoms with E-state index in [0.717, 1.165) is 51.6 Å². The van der Waals surface area contributed by atoms with Crippen molar-refractivity contribution in [1.29, 1.82) is 5.26 Å². The van der Waals surface area contributed by atoms with Gasteiger partial charge in [-0.25, -0.2) is 0 Å². The Kier molecular flexibility index (Phi) is 5.41. The van der Waals surface area contributed by atoms with Crippen molar-refractivity contribution in [3.63, 3.8) is 0 Å². The van der Waals surface area contributed by atoms with Crippen LogP contribution in [0.4, 0.5) is 0 Å². The molecular weight excluding hydrogens is 260 g/mol. The average Bonchev–Trinajstić information content (AvgIpc) is 3.09. The summed E-state index contributed by atoms with van der Waals surface area (Å²) in [5.74, 6) is 0.446. The summed E-state index contributed by atoms with van der Waals surface area (Å²) in [4.78, 5) is 0. The van der Waals surface area contributed by atoms with Gasteiger partial charge >= 0.3 is 0 Å². The molecule has 2 unspecified atom stereocenters. The molecule has 2 atom stereocenters. The van der Waals surface area contributed by atoms with Crippen molar-refractivity contribution in [3.05, 3.63) is 17.5 Å². The summed E-state index contributed by atoms with van der Waals surface area (Å²) >= 11 is 0. The van der Waals surface area contributed by atoms with Crippen LogP contribution in [0.15, 0.2) is 6.07 Å². The first-order chi connectivity index (χ1) is 10.2. The second-order valence-electron chi connectivity index (χ2n) is 6.05. The Bertz CT molecular complexity index is 499. The Morgan fingerprint density at radius 2 is 2.24 bits per heavy atom. The number of hydrogen-bond donors (Lipinski definition) is 1. The second kappa shape index (κ2) is 7.09. The standard InChI is InChI=1S/C17H28N4/c1-4-15-12-16(5-2)21(20-15)11-9-14-8-7-10-17(14,13-18)19-6-3/h12,14,19H,4-11H2,1-3H3. The quantitative estimate of drug-likeness (QED) is 0.839. The van der Waals surface area contributed by atoms with Crippen LogP contribution in [0.3, 0.4) is 0 Å².